The van der Waals surface area contributed by atoms with Crippen molar-refractivity contribution in [2.45, 2.75) is 46.1 Å². The van der Waals surface area contributed by atoms with Crippen molar-refractivity contribution in [3.8, 4) is 0 Å². The summed E-state index contributed by atoms with van der Waals surface area (Å²) in [6.45, 7) is 7.42. The van der Waals surface area contributed by atoms with Gasteiger partial charge in [0.25, 0.3) is 5.69 Å². The van der Waals surface area contributed by atoms with E-state index in [4.69, 9.17) is 5.11 Å². The largest absolute Gasteiger partial charge is 0.396 e. The van der Waals surface area contributed by atoms with Gasteiger partial charge in [-0.1, -0.05) is 32.9 Å². The molecule has 0 saturated carbocycles. The van der Waals surface area contributed by atoms with E-state index >= 15 is 0 Å². The number of rotatable bonds is 9. The first kappa shape index (κ1) is 17.6. The van der Waals surface area contributed by atoms with Crippen molar-refractivity contribution < 1.29 is 10.0 Å². The van der Waals surface area contributed by atoms with E-state index in [1.54, 1.807) is 12.1 Å². The number of hydrogen-bond donors (Lipinski definition) is 2. The predicted octanol–water partition coefficient (Wildman–Crippen LogP) is 3.43. The van der Waals surface area contributed by atoms with Crippen LogP contribution in [0.25, 0.3) is 0 Å². The number of nitrogens with zero attached hydrogens (tertiary/aromatic N) is 1. The molecule has 5 nitrogen and oxygen atoms in total. The summed E-state index contributed by atoms with van der Waals surface area (Å²) in [4.78, 5) is 10.5. The molecule has 1 unspecified atom stereocenters. The SMILES string of the molecule is CCC(NCC(C)(C)CCCO)c1cccc([N+](=O)[O-])c1. The summed E-state index contributed by atoms with van der Waals surface area (Å²) in [7, 11) is 0. The number of benzene rings is 1. The molecular formula is C16H26N2O3. The van der Waals surface area contributed by atoms with Crippen molar-refractivity contribution in [1.29, 1.82) is 0 Å². The maximum atomic E-state index is 10.9. The van der Waals surface area contributed by atoms with Crippen LogP contribution in [0, 0.1) is 15.5 Å². The van der Waals surface area contributed by atoms with Crippen LogP contribution in [0.2, 0.25) is 0 Å². The van der Waals surface area contributed by atoms with E-state index in [0.717, 1.165) is 31.4 Å². The van der Waals surface area contributed by atoms with Gasteiger partial charge in [-0.15, -0.1) is 0 Å². The Kier molecular flexibility index (Phi) is 6.78. The first-order chi connectivity index (χ1) is 9.89. The zero-order valence-electron chi connectivity index (χ0n) is 13.1. The summed E-state index contributed by atoms with van der Waals surface area (Å²) in [5.41, 5.74) is 1.17. The topological polar surface area (TPSA) is 75.4 Å². The molecule has 1 rings (SSSR count). The molecule has 0 heterocycles. The normalized spacial score (nSPS) is 13.1. The van der Waals surface area contributed by atoms with Gasteiger partial charge in [0.05, 0.1) is 4.92 Å². The van der Waals surface area contributed by atoms with E-state index in [-0.39, 0.29) is 28.7 Å². The number of hydrogen-bond acceptors (Lipinski definition) is 4. The van der Waals surface area contributed by atoms with Crippen molar-refractivity contribution in [1.82, 2.24) is 5.32 Å². The van der Waals surface area contributed by atoms with E-state index in [9.17, 15) is 10.1 Å². The minimum absolute atomic E-state index is 0.0941. The number of non-ortho nitro benzene ring substituents is 1. The smallest absolute Gasteiger partial charge is 0.269 e. The van der Waals surface area contributed by atoms with Crippen LogP contribution in [-0.2, 0) is 0 Å². The summed E-state index contributed by atoms with van der Waals surface area (Å²) < 4.78 is 0. The van der Waals surface area contributed by atoms with Gasteiger partial charge in [-0.25, -0.2) is 0 Å². The molecule has 118 valence electrons. The van der Waals surface area contributed by atoms with Crippen LogP contribution in [0.3, 0.4) is 0 Å². The molecule has 0 spiro atoms. The number of aliphatic hydroxyl groups is 1. The van der Waals surface area contributed by atoms with Crippen molar-refractivity contribution in [3.63, 3.8) is 0 Å². The molecule has 0 radical (unpaired) electrons. The molecule has 21 heavy (non-hydrogen) atoms. The van der Waals surface area contributed by atoms with Gasteiger partial charge in [0, 0.05) is 31.3 Å². The highest BCUT2D eigenvalue weighted by molar-refractivity contribution is 5.35. The fraction of sp³-hybridized carbons (Fsp3) is 0.625. The van der Waals surface area contributed by atoms with Crippen LogP contribution >= 0.6 is 0 Å². The number of nitro benzene ring substituents is 1. The predicted molar refractivity (Wildman–Crippen MR) is 84.2 cm³/mol. The average Bonchev–Trinajstić information content (AvgIpc) is 2.46. The molecular weight excluding hydrogens is 268 g/mol. The molecule has 0 aliphatic heterocycles. The van der Waals surface area contributed by atoms with E-state index in [1.165, 1.54) is 6.07 Å². The second-order valence-corrected chi connectivity index (χ2v) is 6.19. The third-order valence-corrected chi connectivity index (χ3v) is 3.73. The van der Waals surface area contributed by atoms with E-state index in [0.29, 0.717) is 0 Å². The fourth-order valence-corrected chi connectivity index (χ4v) is 2.40. The van der Waals surface area contributed by atoms with Crippen LogP contribution in [0.4, 0.5) is 5.69 Å². The first-order valence-corrected chi connectivity index (χ1v) is 7.48. The summed E-state index contributed by atoms with van der Waals surface area (Å²) in [5.74, 6) is 0. The molecule has 0 aliphatic carbocycles. The van der Waals surface area contributed by atoms with Crippen LogP contribution in [0.1, 0.15) is 51.6 Å². The maximum Gasteiger partial charge on any atom is 0.269 e. The van der Waals surface area contributed by atoms with Gasteiger partial charge >= 0.3 is 0 Å². The number of aliphatic hydroxyl groups excluding tert-OH is 1. The van der Waals surface area contributed by atoms with Crippen LogP contribution in [0.5, 0.6) is 0 Å². The molecule has 0 bridgehead atoms. The second-order valence-electron chi connectivity index (χ2n) is 6.19. The molecule has 1 atom stereocenters. The Labute approximate surface area is 126 Å². The monoisotopic (exact) mass is 294 g/mol. The van der Waals surface area contributed by atoms with Gasteiger partial charge < -0.3 is 10.4 Å². The van der Waals surface area contributed by atoms with E-state index in [2.05, 4.69) is 26.1 Å². The van der Waals surface area contributed by atoms with Gasteiger partial charge in [0.1, 0.15) is 0 Å². The van der Waals surface area contributed by atoms with Crippen molar-refractivity contribution in [2.24, 2.45) is 5.41 Å². The third-order valence-electron chi connectivity index (χ3n) is 3.73. The van der Waals surface area contributed by atoms with Gasteiger partial charge in [-0.05, 0) is 30.2 Å². The summed E-state index contributed by atoms with van der Waals surface area (Å²) in [6, 6.07) is 6.92. The lowest BCUT2D eigenvalue weighted by molar-refractivity contribution is -0.384. The van der Waals surface area contributed by atoms with Gasteiger partial charge in [-0.3, -0.25) is 10.1 Å². The third kappa shape index (κ3) is 5.81. The van der Waals surface area contributed by atoms with Crippen molar-refractivity contribution in [3.05, 3.63) is 39.9 Å². The average molecular weight is 294 g/mol. The quantitative estimate of drug-likeness (QED) is 0.540. The Morgan fingerprint density at radius 1 is 1.43 bits per heavy atom. The molecule has 2 N–H and O–H groups in total. The van der Waals surface area contributed by atoms with Crippen LogP contribution in [-0.4, -0.2) is 23.2 Å². The lowest BCUT2D eigenvalue weighted by Crippen LogP contribution is -2.32. The van der Waals surface area contributed by atoms with Gasteiger partial charge in [0.15, 0.2) is 0 Å². The Bertz CT molecular complexity index is 461. The van der Waals surface area contributed by atoms with Gasteiger partial charge in [-0.2, -0.15) is 0 Å². The minimum atomic E-state index is -0.360. The molecule has 0 amide bonds. The zero-order valence-corrected chi connectivity index (χ0v) is 13.1. The molecule has 1 aromatic rings. The second kappa shape index (κ2) is 8.10. The molecule has 5 heteroatoms. The Morgan fingerprint density at radius 2 is 2.14 bits per heavy atom. The Morgan fingerprint density at radius 3 is 2.71 bits per heavy atom. The highest BCUT2D eigenvalue weighted by Gasteiger charge is 2.20. The van der Waals surface area contributed by atoms with Crippen molar-refractivity contribution >= 4 is 5.69 Å². The van der Waals surface area contributed by atoms with Crippen molar-refractivity contribution in [2.75, 3.05) is 13.2 Å². The lowest BCUT2D eigenvalue weighted by Gasteiger charge is -2.28. The van der Waals surface area contributed by atoms with E-state index in [1.807, 2.05) is 6.07 Å². The Balaban J connectivity index is 2.71. The lowest BCUT2D eigenvalue weighted by atomic mass is 9.87. The molecule has 1 aromatic carbocycles. The zero-order chi connectivity index (χ0) is 15.9. The highest BCUT2D eigenvalue weighted by Crippen LogP contribution is 2.25. The van der Waals surface area contributed by atoms with E-state index < -0.39 is 0 Å². The maximum absolute atomic E-state index is 10.9. The van der Waals surface area contributed by atoms with Crippen LogP contribution in [0.15, 0.2) is 24.3 Å². The molecule has 0 saturated heterocycles. The Hall–Kier alpha value is -1.46. The van der Waals surface area contributed by atoms with Crippen LogP contribution < -0.4 is 5.32 Å². The number of nitrogens with one attached hydrogen (secondary N) is 1. The standard InChI is InChI=1S/C16H26N2O3/c1-4-15(17-12-16(2,3)9-6-10-19)13-7-5-8-14(11-13)18(20)21/h5,7-8,11,15,17,19H,4,6,9-10,12H2,1-3H3. The molecule has 0 aromatic heterocycles. The molecule has 0 aliphatic rings. The summed E-state index contributed by atoms with van der Waals surface area (Å²) in [6.07, 6.45) is 2.61. The minimum Gasteiger partial charge on any atom is -0.396 e. The fourth-order valence-electron chi connectivity index (χ4n) is 2.40. The summed E-state index contributed by atoms with van der Waals surface area (Å²) >= 11 is 0. The first-order valence-electron chi connectivity index (χ1n) is 7.48. The number of nitro groups is 1. The van der Waals surface area contributed by atoms with Gasteiger partial charge in [0.2, 0.25) is 0 Å². The highest BCUT2D eigenvalue weighted by atomic mass is 16.6. The molecule has 0 fully saturated rings. The summed E-state index contributed by atoms with van der Waals surface area (Å²) in [5, 5.41) is 23.3.